The predicted octanol–water partition coefficient (Wildman–Crippen LogP) is 0.799. The van der Waals surface area contributed by atoms with Crippen molar-refractivity contribution < 1.29 is 0 Å². The monoisotopic (exact) mass is 186 g/mol. The molecular formula is C9H6N4O. The zero-order chi connectivity index (χ0) is 9.54. The molecule has 3 rings (SSSR count). The van der Waals surface area contributed by atoms with Crippen LogP contribution in [-0.2, 0) is 0 Å². The molecule has 0 amide bonds. The fourth-order valence-electron chi connectivity index (χ4n) is 1.50. The summed E-state index contributed by atoms with van der Waals surface area (Å²) in [6, 6.07) is 3.75. The molecule has 5 nitrogen and oxygen atoms in total. The maximum atomic E-state index is 11.0. The Morgan fingerprint density at radius 1 is 1.21 bits per heavy atom. The molecule has 5 heteroatoms. The highest BCUT2D eigenvalue weighted by molar-refractivity contribution is 5.93. The summed E-state index contributed by atoms with van der Waals surface area (Å²) in [7, 11) is 0. The van der Waals surface area contributed by atoms with Gasteiger partial charge in [0.2, 0.25) is 0 Å². The summed E-state index contributed by atoms with van der Waals surface area (Å²) >= 11 is 0. The lowest BCUT2D eigenvalue weighted by molar-refractivity contribution is 1.11. The topological polar surface area (TPSA) is 74.4 Å². The van der Waals surface area contributed by atoms with Crippen molar-refractivity contribution in [3.05, 3.63) is 35.0 Å². The summed E-state index contributed by atoms with van der Waals surface area (Å²) in [5.41, 5.74) is 1.25. The SMILES string of the molecule is O=c1ncc2cc3c[nH]nc3cc2[nH]1. The lowest BCUT2D eigenvalue weighted by atomic mass is 10.2. The van der Waals surface area contributed by atoms with Crippen molar-refractivity contribution in [2.24, 2.45) is 0 Å². The van der Waals surface area contributed by atoms with E-state index in [0.29, 0.717) is 0 Å². The number of benzene rings is 1. The Kier molecular flexibility index (Phi) is 1.25. The molecule has 3 aromatic rings. The minimum absolute atomic E-state index is 0.340. The normalized spacial score (nSPS) is 11.1. The molecule has 0 spiro atoms. The van der Waals surface area contributed by atoms with Crippen LogP contribution in [0.2, 0.25) is 0 Å². The number of H-pyrrole nitrogens is 2. The number of fused-ring (bicyclic) bond motifs is 2. The molecule has 0 radical (unpaired) electrons. The highest BCUT2D eigenvalue weighted by Crippen LogP contribution is 2.17. The lowest BCUT2D eigenvalue weighted by Gasteiger charge is -1.95. The van der Waals surface area contributed by atoms with E-state index < -0.39 is 0 Å². The van der Waals surface area contributed by atoms with Crippen LogP contribution in [0.1, 0.15) is 0 Å². The number of hydrogen-bond acceptors (Lipinski definition) is 3. The van der Waals surface area contributed by atoms with Crippen molar-refractivity contribution in [3.63, 3.8) is 0 Å². The molecule has 1 aromatic carbocycles. The first-order valence-electron chi connectivity index (χ1n) is 4.15. The van der Waals surface area contributed by atoms with Crippen LogP contribution in [0.3, 0.4) is 0 Å². The zero-order valence-electron chi connectivity index (χ0n) is 7.11. The van der Waals surface area contributed by atoms with Gasteiger partial charge in [0.25, 0.3) is 0 Å². The van der Waals surface area contributed by atoms with Gasteiger partial charge in [0.05, 0.1) is 11.0 Å². The van der Waals surface area contributed by atoms with Crippen molar-refractivity contribution in [2.75, 3.05) is 0 Å². The standard InChI is InChI=1S/C9H6N4O/c14-9-10-3-5-1-6-4-11-13-8(6)2-7(5)12-9/h1-4H,(H,11,13)(H,10,12,14). The van der Waals surface area contributed by atoms with Crippen molar-refractivity contribution >= 4 is 21.8 Å². The van der Waals surface area contributed by atoms with Gasteiger partial charge in [0.15, 0.2) is 0 Å². The maximum Gasteiger partial charge on any atom is 0.345 e. The average molecular weight is 186 g/mol. The Morgan fingerprint density at radius 2 is 2.14 bits per heavy atom. The van der Waals surface area contributed by atoms with Gasteiger partial charge in [-0.1, -0.05) is 0 Å². The van der Waals surface area contributed by atoms with Crippen LogP contribution in [0, 0.1) is 0 Å². The number of aromatic nitrogens is 4. The quantitative estimate of drug-likeness (QED) is 0.545. The molecule has 0 atom stereocenters. The van der Waals surface area contributed by atoms with Gasteiger partial charge < -0.3 is 4.98 Å². The van der Waals surface area contributed by atoms with Gasteiger partial charge in [0.1, 0.15) is 0 Å². The average Bonchev–Trinajstić information content (AvgIpc) is 2.61. The molecule has 2 heterocycles. The first-order valence-corrected chi connectivity index (χ1v) is 4.15. The summed E-state index contributed by atoms with van der Waals surface area (Å²) in [6.45, 7) is 0. The summed E-state index contributed by atoms with van der Waals surface area (Å²) < 4.78 is 0. The number of hydrogen-bond donors (Lipinski definition) is 2. The maximum absolute atomic E-state index is 11.0. The van der Waals surface area contributed by atoms with Crippen molar-refractivity contribution in [1.29, 1.82) is 0 Å². The summed E-state index contributed by atoms with van der Waals surface area (Å²) in [5.74, 6) is 0. The second-order valence-corrected chi connectivity index (χ2v) is 3.07. The molecule has 68 valence electrons. The molecular weight excluding hydrogens is 180 g/mol. The first kappa shape index (κ1) is 7.25. The summed E-state index contributed by atoms with van der Waals surface area (Å²) in [5, 5.41) is 8.70. The van der Waals surface area contributed by atoms with Gasteiger partial charge in [-0.15, -0.1) is 0 Å². The van der Waals surface area contributed by atoms with Gasteiger partial charge >= 0.3 is 5.69 Å². The molecule has 0 fully saturated rings. The molecule has 0 saturated carbocycles. The van der Waals surface area contributed by atoms with E-state index in [1.54, 1.807) is 12.4 Å². The fraction of sp³-hybridized carbons (Fsp3) is 0. The Bertz CT molecular complexity index is 667. The molecule has 2 N–H and O–H groups in total. The van der Waals surface area contributed by atoms with E-state index in [9.17, 15) is 4.79 Å². The Hall–Kier alpha value is -2.17. The van der Waals surface area contributed by atoms with E-state index in [1.165, 1.54) is 0 Å². The molecule has 0 bridgehead atoms. The van der Waals surface area contributed by atoms with Crippen molar-refractivity contribution in [1.82, 2.24) is 20.2 Å². The third kappa shape index (κ3) is 0.922. The Balaban J connectivity index is 2.56. The van der Waals surface area contributed by atoms with Crippen LogP contribution < -0.4 is 5.69 Å². The predicted molar refractivity (Wildman–Crippen MR) is 52.0 cm³/mol. The molecule has 0 unspecified atom stereocenters. The van der Waals surface area contributed by atoms with Crippen LogP contribution in [0.25, 0.3) is 21.8 Å². The van der Waals surface area contributed by atoms with Gasteiger partial charge in [0, 0.05) is 23.2 Å². The lowest BCUT2D eigenvalue weighted by Crippen LogP contribution is -2.08. The summed E-state index contributed by atoms with van der Waals surface area (Å²) in [4.78, 5) is 17.3. The smallest absolute Gasteiger partial charge is 0.305 e. The second kappa shape index (κ2) is 2.41. The van der Waals surface area contributed by atoms with Crippen LogP contribution in [0.5, 0.6) is 0 Å². The number of nitrogens with zero attached hydrogens (tertiary/aromatic N) is 2. The fourth-order valence-corrected chi connectivity index (χ4v) is 1.50. The third-order valence-electron chi connectivity index (χ3n) is 2.17. The second-order valence-electron chi connectivity index (χ2n) is 3.07. The van der Waals surface area contributed by atoms with Gasteiger partial charge in [-0.2, -0.15) is 5.10 Å². The minimum Gasteiger partial charge on any atom is -0.305 e. The van der Waals surface area contributed by atoms with Gasteiger partial charge in [-0.25, -0.2) is 9.78 Å². The molecule has 0 aliphatic carbocycles. The van der Waals surface area contributed by atoms with Gasteiger partial charge in [-0.3, -0.25) is 5.10 Å². The number of nitrogens with one attached hydrogen (secondary N) is 2. The highest BCUT2D eigenvalue weighted by atomic mass is 16.1. The van der Waals surface area contributed by atoms with Crippen LogP contribution >= 0.6 is 0 Å². The largest absolute Gasteiger partial charge is 0.345 e. The van der Waals surface area contributed by atoms with Crippen molar-refractivity contribution in [3.8, 4) is 0 Å². The van der Waals surface area contributed by atoms with Crippen LogP contribution in [0.4, 0.5) is 0 Å². The van der Waals surface area contributed by atoms with Crippen molar-refractivity contribution in [2.45, 2.75) is 0 Å². The highest BCUT2D eigenvalue weighted by Gasteiger charge is 2.00. The minimum atomic E-state index is -0.340. The first-order chi connectivity index (χ1) is 6.83. The third-order valence-corrected chi connectivity index (χ3v) is 2.17. The number of rotatable bonds is 0. The van der Waals surface area contributed by atoms with E-state index in [0.717, 1.165) is 21.8 Å². The molecule has 0 aliphatic heterocycles. The molecule has 14 heavy (non-hydrogen) atoms. The van der Waals surface area contributed by atoms with Crippen LogP contribution in [-0.4, -0.2) is 20.2 Å². The van der Waals surface area contributed by atoms with E-state index in [-0.39, 0.29) is 5.69 Å². The number of aromatic amines is 2. The van der Waals surface area contributed by atoms with E-state index >= 15 is 0 Å². The Morgan fingerprint density at radius 3 is 3.07 bits per heavy atom. The zero-order valence-corrected chi connectivity index (χ0v) is 7.11. The summed E-state index contributed by atoms with van der Waals surface area (Å²) in [6.07, 6.45) is 3.36. The molecule has 0 aliphatic rings. The molecule has 2 aromatic heterocycles. The van der Waals surface area contributed by atoms with Crippen LogP contribution in [0.15, 0.2) is 29.3 Å². The van der Waals surface area contributed by atoms with E-state index in [2.05, 4.69) is 20.2 Å². The molecule has 0 saturated heterocycles. The van der Waals surface area contributed by atoms with Gasteiger partial charge in [-0.05, 0) is 12.1 Å². The van der Waals surface area contributed by atoms with E-state index in [4.69, 9.17) is 0 Å². The Labute approximate surface area is 77.8 Å². The van der Waals surface area contributed by atoms with E-state index in [1.807, 2.05) is 12.1 Å².